The summed E-state index contributed by atoms with van der Waals surface area (Å²) in [6.45, 7) is 0. The first-order valence-corrected chi connectivity index (χ1v) is 24.9. The molecule has 0 spiro atoms. The molecule has 1 aliphatic carbocycles. The predicted octanol–water partition coefficient (Wildman–Crippen LogP) is 18.3. The average Bonchev–Trinajstić information content (AvgIpc) is 4.09. The van der Waals surface area contributed by atoms with Crippen molar-refractivity contribution in [3.8, 4) is 39.1 Å². The molecule has 1 aliphatic rings. The van der Waals surface area contributed by atoms with Crippen LogP contribution in [0.15, 0.2) is 267 Å². The Morgan fingerprint density at radius 3 is 1.59 bits per heavy atom. The van der Waals surface area contributed by atoms with E-state index >= 15 is 0 Å². The molecule has 2 nitrogen and oxygen atoms in total. The molecule has 0 atom stereocenters. The zero-order valence-electron chi connectivity index (χ0n) is 38.2. The van der Waals surface area contributed by atoms with Crippen LogP contribution in [0, 0.1) is 0 Å². The number of fused-ring (bicyclic) bond motifs is 9. The highest BCUT2D eigenvalue weighted by atomic mass is 32.1. The van der Waals surface area contributed by atoms with E-state index in [9.17, 15) is 0 Å². The van der Waals surface area contributed by atoms with Gasteiger partial charge in [-0.05, 0) is 111 Å². The molecule has 0 bridgehead atoms. The van der Waals surface area contributed by atoms with Gasteiger partial charge in [0.2, 0.25) is 0 Å². The van der Waals surface area contributed by atoms with Gasteiger partial charge in [0.25, 0.3) is 0 Å². The Kier molecular flexibility index (Phi) is 9.33. The van der Waals surface area contributed by atoms with Crippen molar-refractivity contribution in [3.63, 3.8) is 0 Å². The third kappa shape index (κ3) is 6.12. The standard InChI is InChI=1S/C67H44N2S/c1-3-19-48(20-4-1)67(49-21-5-2-6-22-49)59-30-11-7-27-58(59)65-60(67)31-17-34-63(65)68(51-42-38-46(39-43-51)53-28-16-29-57-56-26-10-14-35-64(56)70-66(53)57)50-40-36-45(37-41-50)47-18-15-23-52(44-47)69-61-32-12-8-24-54(61)55-25-9-13-33-62(55)69/h1-44H. The molecule has 14 rings (SSSR count). The van der Waals surface area contributed by atoms with Crippen LogP contribution >= 0.6 is 11.3 Å². The van der Waals surface area contributed by atoms with Crippen molar-refractivity contribution < 1.29 is 0 Å². The van der Waals surface area contributed by atoms with E-state index in [0.29, 0.717) is 0 Å². The summed E-state index contributed by atoms with van der Waals surface area (Å²) in [6.07, 6.45) is 0. The zero-order chi connectivity index (χ0) is 46.2. The minimum absolute atomic E-state index is 0.520. The van der Waals surface area contributed by atoms with Crippen molar-refractivity contribution in [1.29, 1.82) is 0 Å². The van der Waals surface area contributed by atoms with Crippen molar-refractivity contribution >= 4 is 70.4 Å². The second-order valence-electron chi connectivity index (χ2n) is 18.4. The van der Waals surface area contributed by atoms with Gasteiger partial charge in [-0.15, -0.1) is 11.3 Å². The Bertz CT molecular complexity index is 4020. The Hall–Kier alpha value is -8.76. The summed E-state index contributed by atoms with van der Waals surface area (Å²) in [5.41, 5.74) is 18.7. The van der Waals surface area contributed by atoms with E-state index in [2.05, 4.69) is 276 Å². The van der Waals surface area contributed by atoms with E-state index in [1.165, 1.54) is 92.0 Å². The van der Waals surface area contributed by atoms with Crippen molar-refractivity contribution in [3.05, 3.63) is 289 Å². The van der Waals surface area contributed by atoms with Crippen molar-refractivity contribution in [2.75, 3.05) is 4.90 Å². The normalized spacial score (nSPS) is 12.7. The van der Waals surface area contributed by atoms with Crippen LogP contribution in [0.4, 0.5) is 17.1 Å². The highest BCUT2D eigenvalue weighted by Gasteiger charge is 2.47. The van der Waals surface area contributed by atoms with Crippen LogP contribution in [0.2, 0.25) is 0 Å². The molecule has 0 saturated heterocycles. The minimum Gasteiger partial charge on any atom is -0.310 e. The lowest BCUT2D eigenvalue weighted by Gasteiger charge is -2.34. The first-order valence-electron chi connectivity index (χ1n) is 24.1. The lowest BCUT2D eigenvalue weighted by atomic mass is 9.68. The molecule has 0 unspecified atom stereocenters. The summed E-state index contributed by atoms with van der Waals surface area (Å²) in [4.78, 5) is 2.48. The van der Waals surface area contributed by atoms with Crippen molar-refractivity contribution in [2.24, 2.45) is 0 Å². The topological polar surface area (TPSA) is 8.17 Å². The van der Waals surface area contributed by atoms with Gasteiger partial charge in [0.15, 0.2) is 0 Å². The van der Waals surface area contributed by atoms with Crippen molar-refractivity contribution in [2.45, 2.75) is 5.41 Å². The Morgan fingerprint density at radius 2 is 0.886 bits per heavy atom. The summed E-state index contributed by atoms with van der Waals surface area (Å²) < 4.78 is 5.03. The van der Waals surface area contributed by atoms with Crippen LogP contribution in [0.25, 0.3) is 81.0 Å². The van der Waals surface area contributed by atoms with Crippen LogP contribution in [-0.4, -0.2) is 4.57 Å². The van der Waals surface area contributed by atoms with Gasteiger partial charge in [0.1, 0.15) is 0 Å². The molecule has 3 heteroatoms. The van der Waals surface area contributed by atoms with Gasteiger partial charge in [-0.1, -0.05) is 206 Å². The Balaban J connectivity index is 0.943. The minimum atomic E-state index is -0.520. The second kappa shape index (κ2) is 16.2. The van der Waals surface area contributed by atoms with Crippen LogP contribution in [0.3, 0.4) is 0 Å². The number of benzene rings is 11. The van der Waals surface area contributed by atoms with Gasteiger partial charge in [0.05, 0.1) is 22.1 Å². The van der Waals surface area contributed by atoms with E-state index in [1.54, 1.807) is 0 Å². The van der Waals surface area contributed by atoms with Crippen molar-refractivity contribution in [1.82, 2.24) is 4.57 Å². The van der Waals surface area contributed by atoms with Gasteiger partial charge in [-0.2, -0.15) is 0 Å². The van der Waals surface area contributed by atoms with E-state index in [1.807, 2.05) is 11.3 Å². The molecule has 2 heterocycles. The molecule has 13 aromatic rings. The Morgan fingerprint density at radius 1 is 0.357 bits per heavy atom. The first-order chi connectivity index (χ1) is 34.7. The fraction of sp³-hybridized carbons (Fsp3) is 0.0149. The molecule has 2 aromatic heterocycles. The molecule has 328 valence electrons. The van der Waals surface area contributed by atoms with Crippen LogP contribution < -0.4 is 4.90 Å². The first kappa shape index (κ1) is 40.3. The lowest BCUT2D eigenvalue weighted by molar-refractivity contribution is 0.768. The quantitative estimate of drug-likeness (QED) is 0.147. The third-order valence-electron chi connectivity index (χ3n) is 14.7. The smallest absolute Gasteiger partial charge is 0.0714 e. The summed E-state index contributed by atoms with van der Waals surface area (Å²) in [7, 11) is 0. The molecule has 11 aromatic carbocycles. The van der Waals surface area contributed by atoms with Gasteiger partial charge in [-0.25, -0.2) is 0 Å². The maximum Gasteiger partial charge on any atom is 0.0714 e. The maximum atomic E-state index is 2.48. The van der Waals surface area contributed by atoms with Gasteiger partial charge in [0, 0.05) is 53.6 Å². The van der Waals surface area contributed by atoms with E-state index < -0.39 is 5.41 Å². The molecule has 70 heavy (non-hydrogen) atoms. The van der Waals surface area contributed by atoms with E-state index in [-0.39, 0.29) is 0 Å². The zero-order valence-corrected chi connectivity index (χ0v) is 39.0. The number of nitrogens with zero attached hydrogens (tertiary/aromatic N) is 2. The van der Waals surface area contributed by atoms with Gasteiger partial charge in [-0.3, -0.25) is 0 Å². The van der Waals surface area contributed by atoms with Gasteiger partial charge >= 0.3 is 0 Å². The van der Waals surface area contributed by atoms with E-state index in [4.69, 9.17) is 0 Å². The number of aromatic nitrogens is 1. The molecule has 0 aliphatic heterocycles. The third-order valence-corrected chi connectivity index (χ3v) is 15.9. The summed E-state index contributed by atoms with van der Waals surface area (Å²) in [5.74, 6) is 0. The molecule has 0 fully saturated rings. The van der Waals surface area contributed by atoms with Crippen LogP contribution in [0.1, 0.15) is 22.3 Å². The fourth-order valence-electron chi connectivity index (χ4n) is 11.7. The number of rotatable bonds is 8. The maximum absolute atomic E-state index is 2.48. The fourth-order valence-corrected chi connectivity index (χ4v) is 12.9. The molecular formula is C67H44N2S. The predicted molar refractivity (Wildman–Crippen MR) is 297 cm³/mol. The summed E-state index contributed by atoms with van der Waals surface area (Å²) in [5, 5.41) is 5.15. The molecular weight excluding hydrogens is 865 g/mol. The van der Waals surface area contributed by atoms with Gasteiger partial charge < -0.3 is 9.47 Å². The molecule has 0 radical (unpaired) electrons. The van der Waals surface area contributed by atoms with E-state index in [0.717, 1.165) is 28.3 Å². The second-order valence-corrected chi connectivity index (χ2v) is 19.4. The monoisotopic (exact) mass is 908 g/mol. The molecule has 0 N–H and O–H groups in total. The number of hydrogen-bond acceptors (Lipinski definition) is 2. The average molecular weight is 909 g/mol. The lowest BCUT2D eigenvalue weighted by Crippen LogP contribution is -2.28. The number of hydrogen-bond donors (Lipinski definition) is 0. The highest BCUT2D eigenvalue weighted by Crippen LogP contribution is 2.59. The van der Waals surface area contributed by atoms with Crippen LogP contribution in [-0.2, 0) is 5.41 Å². The Labute approximate surface area is 411 Å². The van der Waals surface area contributed by atoms with Crippen LogP contribution in [0.5, 0.6) is 0 Å². The SMILES string of the molecule is c1ccc(C2(c3ccccc3)c3ccccc3-c3c(N(c4ccc(-c5cccc(-n6c7ccccc7c7ccccc76)c5)cc4)c4ccc(-c5cccc6c5sc5ccccc56)cc4)cccc32)cc1. The summed E-state index contributed by atoms with van der Waals surface area (Å²) >= 11 is 1.88. The number of para-hydroxylation sites is 2. The molecule has 0 amide bonds. The number of anilines is 3. The largest absolute Gasteiger partial charge is 0.310 e. The number of thiophene rings is 1. The molecule has 0 saturated carbocycles. The summed E-state index contributed by atoms with van der Waals surface area (Å²) in [6, 6.07) is 98.5. The highest BCUT2D eigenvalue weighted by molar-refractivity contribution is 7.26.